The number of nitriles is 1. The molecule has 0 atom stereocenters. The van der Waals surface area contributed by atoms with Gasteiger partial charge in [-0.15, -0.1) is 0 Å². The highest BCUT2D eigenvalue weighted by molar-refractivity contribution is 6.17. The lowest BCUT2D eigenvalue weighted by molar-refractivity contribution is 0.727. The van der Waals surface area contributed by atoms with Gasteiger partial charge in [0.1, 0.15) is 17.5 Å². The molecule has 0 radical (unpaired) electrons. The van der Waals surface area contributed by atoms with E-state index in [1.807, 2.05) is 48.5 Å². The van der Waals surface area contributed by atoms with Crippen molar-refractivity contribution in [3.8, 4) is 6.07 Å². The van der Waals surface area contributed by atoms with Crippen LogP contribution in [0.25, 0.3) is 22.3 Å². The summed E-state index contributed by atoms with van der Waals surface area (Å²) in [6.45, 7) is 2.97. The molecule has 1 aliphatic rings. The number of imidazole rings is 1. The van der Waals surface area contributed by atoms with Gasteiger partial charge in [-0.1, -0.05) is 56.2 Å². The fraction of sp³-hybridized carbons (Fsp3) is 0.227. The number of aromatic amines is 1. The average Bonchev–Trinajstić information content (AvgIpc) is 3.28. The van der Waals surface area contributed by atoms with Crippen LogP contribution in [0.15, 0.2) is 53.5 Å². The minimum Gasteiger partial charge on any atom is -0.338 e. The van der Waals surface area contributed by atoms with Crippen molar-refractivity contribution in [1.82, 2.24) is 15.3 Å². The molecule has 0 bridgehead atoms. The molecule has 5 nitrogen and oxygen atoms in total. The topological polar surface area (TPSA) is 76.9 Å². The summed E-state index contributed by atoms with van der Waals surface area (Å²) in [5, 5.41) is 13.2. The number of benzene rings is 2. The molecule has 134 valence electrons. The largest absolute Gasteiger partial charge is 0.338 e. The zero-order valence-corrected chi connectivity index (χ0v) is 15.3. The third-order valence-electron chi connectivity index (χ3n) is 4.71. The molecule has 0 saturated heterocycles. The fourth-order valence-corrected chi connectivity index (χ4v) is 3.33. The van der Waals surface area contributed by atoms with E-state index in [1.54, 1.807) is 0 Å². The number of hydrogen-bond donors (Lipinski definition) is 2. The number of para-hydroxylation sites is 2. The smallest absolute Gasteiger partial charge is 0.151 e. The Bertz CT molecular complexity index is 1050. The van der Waals surface area contributed by atoms with Crippen molar-refractivity contribution in [3.63, 3.8) is 0 Å². The lowest BCUT2D eigenvalue weighted by Crippen LogP contribution is -2.16. The SMILES string of the molecule is CCCCCN=C1NC(=C(C#N)c2nc3ccccc3[nH]2)c2ccccc21. The lowest BCUT2D eigenvalue weighted by Gasteiger charge is -2.04. The minimum absolute atomic E-state index is 0.498. The van der Waals surface area contributed by atoms with Crippen molar-refractivity contribution >= 4 is 28.1 Å². The third kappa shape index (κ3) is 3.22. The molecular weight excluding hydrogens is 334 g/mol. The molecular formula is C22H21N5. The maximum absolute atomic E-state index is 9.88. The molecule has 0 fully saturated rings. The summed E-state index contributed by atoms with van der Waals surface area (Å²) in [5.41, 5.74) is 5.05. The van der Waals surface area contributed by atoms with Gasteiger partial charge in [-0.2, -0.15) is 5.26 Å². The molecule has 5 heteroatoms. The normalized spacial score (nSPS) is 16.2. The molecule has 1 aliphatic heterocycles. The Morgan fingerprint density at radius 1 is 1.07 bits per heavy atom. The molecule has 0 saturated carbocycles. The molecule has 0 spiro atoms. The number of rotatable bonds is 5. The van der Waals surface area contributed by atoms with E-state index in [4.69, 9.17) is 4.99 Å². The molecule has 2 aromatic carbocycles. The van der Waals surface area contributed by atoms with Crippen LogP contribution in [0.2, 0.25) is 0 Å². The Labute approximate surface area is 158 Å². The predicted molar refractivity (Wildman–Crippen MR) is 109 cm³/mol. The second-order valence-electron chi connectivity index (χ2n) is 6.57. The number of unbranched alkanes of at least 4 members (excludes halogenated alkanes) is 2. The van der Waals surface area contributed by atoms with E-state index >= 15 is 0 Å². The van der Waals surface area contributed by atoms with Crippen molar-refractivity contribution in [3.05, 3.63) is 65.5 Å². The zero-order valence-electron chi connectivity index (χ0n) is 15.3. The highest BCUT2D eigenvalue weighted by Gasteiger charge is 2.26. The van der Waals surface area contributed by atoms with E-state index < -0.39 is 0 Å². The lowest BCUT2D eigenvalue weighted by atomic mass is 10.0. The van der Waals surface area contributed by atoms with Gasteiger partial charge in [0.2, 0.25) is 0 Å². The Kier molecular flexibility index (Phi) is 4.71. The van der Waals surface area contributed by atoms with Crippen molar-refractivity contribution < 1.29 is 0 Å². The number of nitrogens with zero attached hydrogens (tertiary/aromatic N) is 3. The van der Waals surface area contributed by atoms with Crippen LogP contribution >= 0.6 is 0 Å². The second-order valence-corrected chi connectivity index (χ2v) is 6.57. The Balaban J connectivity index is 1.78. The summed E-state index contributed by atoms with van der Waals surface area (Å²) in [4.78, 5) is 12.6. The first kappa shape index (κ1) is 17.0. The number of amidine groups is 1. The van der Waals surface area contributed by atoms with Crippen LogP contribution in [-0.4, -0.2) is 22.3 Å². The highest BCUT2D eigenvalue weighted by atomic mass is 15.0. The third-order valence-corrected chi connectivity index (χ3v) is 4.71. The van der Waals surface area contributed by atoms with E-state index in [-0.39, 0.29) is 0 Å². The molecule has 2 heterocycles. The van der Waals surface area contributed by atoms with Gasteiger partial charge in [0.05, 0.1) is 16.7 Å². The van der Waals surface area contributed by atoms with Gasteiger partial charge in [-0.3, -0.25) is 4.99 Å². The molecule has 0 amide bonds. The van der Waals surface area contributed by atoms with Crippen LogP contribution < -0.4 is 5.32 Å². The van der Waals surface area contributed by atoms with Gasteiger partial charge < -0.3 is 10.3 Å². The zero-order chi connectivity index (χ0) is 18.6. The van der Waals surface area contributed by atoms with Crippen molar-refractivity contribution in [2.75, 3.05) is 6.54 Å². The predicted octanol–water partition coefficient (Wildman–Crippen LogP) is 4.49. The van der Waals surface area contributed by atoms with E-state index in [2.05, 4.69) is 28.3 Å². The number of aromatic nitrogens is 2. The van der Waals surface area contributed by atoms with Gasteiger partial charge in [0.15, 0.2) is 5.82 Å². The number of H-pyrrole nitrogens is 1. The van der Waals surface area contributed by atoms with Crippen molar-refractivity contribution in [2.45, 2.75) is 26.2 Å². The Morgan fingerprint density at radius 3 is 2.63 bits per heavy atom. The van der Waals surface area contributed by atoms with Gasteiger partial charge >= 0.3 is 0 Å². The van der Waals surface area contributed by atoms with Gasteiger partial charge in [0.25, 0.3) is 0 Å². The maximum Gasteiger partial charge on any atom is 0.151 e. The molecule has 4 rings (SSSR count). The maximum atomic E-state index is 9.88. The van der Waals surface area contributed by atoms with Crippen LogP contribution in [0.3, 0.4) is 0 Å². The van der Waals surface area contributed by atoms with Crippen LogP contribution in [-0.2, 0) is 0 Å². The fourth-order valence-electron chi connectivity index (χ4n) is 3.33. The number of aliphatic imine (C=N–C) groups is 1. The van der Waals surface area contributed by atoms with Crippen LogP contribution in [0.4, 0.5) is 0 Å². The first-order valence-electron chi connectivity index (χ1n) is 9.32. The molecule has 27 heavy (non-hydrogen) atoms. The van der Waals surface area contributed by atoms with E-state index in [1.165, 1.54) is 12.8 Å². The first-order valence-corrected chi connectivity index (χ1v) is 9.32. The Morgan fingerprint density at radius 2 is 1.85 bits per heavy atom. The summed E-state index contributed by atoms with van der Waals surface area (Å²) in [6.07, 6.45) is 3.41. The van der Waals surface area contributed by atoms with Gasteiger partial charge in [0, 0.05) is 17.7 Å². The van der Waals surface area contributed by atoms with Crippen molar-refractivity contribution in [2.24, 2.45) is 4.99 Å². The second kappa shape index (κ2) is 7.46. The summed E-state index contributed by atoms with van der Waals surface area (Å²) in [7, 11) is 0. The molecule has 0 unspecified atom stereocenters. The summed E-state index contributed by atoms with van der Waals surface area (Å²) < 4.78 is 0. The highest BCUT2D eigenvalue weighted by Crippen LogP contribution is 2.31. The summed E-state index contributed by atoms with van der Waals surface area (Å²) >= 11 is 0. The van der Waals surface area contributed by atoms with Crippen molar-refractivity contribution in [1.29, 1.82) is 5.26 Å². The number of allylic oxidation sites excluding steroid dienone is 1. The number of hydrogen-bond acceptors (Lipinski definition) is 3. The van der Waals surface area contributed by atoms with Crippen LogP contribution in [0.5, 0.6) is 0 Å². The van der Waals surface area contributed by atoms with E-state index in [0.29, 0.717) is 11.4 Å². The van der Waals surface area contributed by atoms with Crippen LogP contribution in [0.1, 0.15) is 43.1 Å². The summed E-state index contributed by atoms with van der Waals surface area (Å²) in [6, 6.07) is 18.2. The summed E-state index contributed by atoms with van der Waals surface area (Å²) in [5.74, 6) is 1.41. The molecule has 2 N–H and O–H groups in total. The van der Waals surface area contributed by atoms with E-state index in [0.717, 1.165) is 46.7 Å². The monoisotopic (exact) mass is 355 g/mol. The molecule has 3 aromatic rings. The van der Waals surface area contributed by atoms with Gasteiger partial charge in [-0.25, -0.2) is 4.98 Å². The first-order chi connectivity index (χ1) is 13.3. The minimum atomic E-state index is 0.498. The number of fused-ring (bicyclic) bond motifs is 2. The molecule has 1 aromatic heterocycles. The molecule has 0 aliphatic carbocycles. The number of nitrogens with one attached hydrogen (secondary N) is 2. The quantitative estimate of drug-likeness (QED) is 0.523. The Hall–Kier alpha value is -3.39. The van der Waals surface area contributed by atoms with Gasteiger partial charge in [-0.05, 0) is 18.6 Å². The van der Waals surface area contributed by atoms with Crippen LogP contribution in [0, 0.1) is 11.3 Å². The van der Waals surface area contributed by atoms with E-state index in [9.17, 15) is 5.26 Å². The average molecular weight is 355 g/mol. The standard InChI is InChI=1S/C22H21N5/c1-2-3-8-13-24-21-16-10-5-4-9-15(16)20(27-21)17(14-23)22-25-18-11-6-7-12-19(18)26-22/h4-7,9-12H,2-3,8,13H2,1H3,(H,24,27)(H,25,26).